The third kappa shape index (κ3) is 3.89. The molecule has 7 heteroatoms. The molecular weight excluding hydrogens is 380 g/mol. The van der Waals surface area contributed by atoms with Gasteiger partial charge in [0.25, 0.3) is 0 Å². The summed E-state index contributed by atoms with van der Waals surface area (Å²) in [5.41, 5.74) is 4.52. The number of hydrogen-bond acceptors (Lipinski definition) is 6. The molecule has 0 amide bonds. The summed E-state index contributed by atoms with van der Waals surface area (Å²) in [7, 11) is 1.65. The largest absolute Gasteiger partial charge is 0.378 e. The quantitative estimate of drug-likeness (QED) is 0.650. The highest BCUT2D eigenvalue weighted by Gasteiger charge is 2.48. The molecule has 1 aromatic heterocycles. The zero-order chi connectivity index (χ0) is 20.3. The minimum atomic E-state index is -0.0138. The standard InChI is InChI=1S/C23H26N4O3/c1-28-13-19-12-27(26-25-19)21-15-30-22-20(14-29-23(21)22)24-11-16-7-9-18(10-8-16)17-5-3-2-4-6-17/h2-10,12,20-24H,11,13-15H2,1H3. The van der Waals surface area contributed by atoms with Crippen molar-refractivity contribution in [3.63, 3.8) is 0 Å². The smallest absolute Gasteiger partial charge is 0.110 e. The van der Waals surface area contributed by atoms with E-state index in [-0.39, 0.29) is 24.3 Å². The normalized spacial score (nSPS) is 25.5. The van der Waals surface area contributed by atoms with Crippen molar-refractivity contribution in [3.8, 4) is 11.1 Å². The number of fused-ring (bicyclic) bond motifs is 1. The number of ether oxygens (including phenoxy) is 3. The van der Waals surface area contributed by atoms with E-state index in [1.165, 1.54) is 16.7 Å². The van der Waals surface area contributed by atoms with Crippen LogP contribution in [0.2, 0.25) is 0 Å². The first-order valence-corrected chi connectivity index (χ1v) is 10.3. The zero-order valence-corrected chi connectivity index (χ0v) is 17.0. The van der Waals surface area contributed by atoms with Crippen molar-refractivity contribution >= 4 is 0 Å². The molecule has 0 bridgehead atoms. The molecule has 3 aromatic rings. The molecule has 5 rings (SSSR count). The molecule has 2 aliphatic heterocycles. The maximum absolute atomic E-state index is 6.08. The lowest BCUT2D eigenvalue weighted by Gasteiger charge is -2.18. The van der Waals surface area contributed by atoms with Gasteiger partial charge in [-0.2, -0.15) is 0 Å². The number of benzene rings is 2. The van der Waals surface area contributed by atoms with Crippen LogP contribution < -0.4 is 5.32 Å². The van der Waals surface area contributed by atoms with E-state index < -0.39 is 0 Å². The van der Waals surface area contributed by atoms with Gasteiger partial charge in [-0.3, -0.25) is 0 Å². The van der Waals surface area contributed by atoms with Crippen LogP contribution in [0.1, 0.15) is 17.3 Å². The highest BCUT2D eigenvalue weighted by Crippen LogP contribution is 2.34. The molecule has 3 heterocycles. The lowest BCUT2D eigenvalue weighted by atomic mass is 10.0. The molecule has 7 nitrogen and oxygen atoms in total. The third-order valence-corrected chi connectivity index (χ3v) is 5.85. The van der Waals surface area contributed by atoms with E-state index in [0.29, 0.717) is 19.8 Å². The molecule has 0 spiro atoms. The molecule has 4 unspecified atom stereocenters. The minimum Gasteiger partial charge on any atom is -0.378 e. The lowest BCUT2D eigenvalue weighted by Crippen LogP contribution is -2.40. The maximum Gasteiger partial charge on any atom is 0.110 e. The van der Waals surface area contributed by atoms with Crippen LogP contribution in [0, 0.1) is 0 Å². The topological polar surface area (TPSA) is 70.4 Å². The van der Waals surface area contributed by atoms with E-state index in [4.69, 9.17) is 14.2 Å². The fourth-order valence-electron chi connectivity index (χ4n) is 4.27. The Morgan fingerprint density at radius 2 is 1.77 bits per heavy atom. The molecular formula is C23H26N4O3. The van der Waals surface area contributed by atoms with Crippen molar-refractivity contribution in [2.24, 2.45) is 0 Å². The maximum atomic E-state index is 6.08. The van der Waals surface area contributed by atoms with Crippen LogP contribution in [0.15, 0.2) is 60.8 Å². The average Bonchev–Trinajstić information content (AvgIpc) is 3.51. The molecule has 2 saturated heterocycles. The fraction of sp³-hybridized carbons (Fsp3) is 0.391. The van der Waals surface area contributed by atoms with E-state index in [2.05, 4.69) is 64.2 Å². The van der Waals surface area contributed by atoms with E-state index in [1.807, 2.05) is 16.9 Å². The molecule has 2 aromatic carbocycles. The Morgan fingerprint density at radius 1 is 1.00 bits per heavy atom. The first-order valence-electron chi connectivity index (χ1n) is 10.3. The molecule has 156 valence electrons. The summed E-state index contributed by atoms with van der Waals surface area (Å²) < 4.78 is 19.1. The summed E-state index contributed by atoms with van der Waals surface area (Å²) in [6.07, 6.45) is 1.92. The van der Waals surface area contributed by atoms with Gasteiger partial charge in [0.1, 0.15) is 23.9 Å². The number of nitrogens with one attached hydrogen (secondary N) is 1. The lowest BCUT2D eigenvalue weighted by molar-refractivity contribution is 0.0619. The monoisotopic (exact) mass is 406 g/mol. The van der Waals surface area contributed by atoms with E-state index >= 15 is 0 Å². The Morgan fingerprint density at radius 3 is 2.57 bits per heavy atom. The van der Waals surface area contributed by atoms with Crippen molar-refractivity contribution in [2.75, 3.05) is 20.3 Å². The van der Waals surface area contributed by atoms with Crippen molar-refractivity contribution in [3.05, 3.63) is 72.1 Å². The third-order valence-electron chi connectivity index (χ3n) is 5.85. The van der Waals surface area contributed by atoms with Crippen LogP contribution >= 0.6 is 0 Å². The Labute approximate surface area is 176 Å². The Bertz CT molecular complexity index is 960. The van der Waals surface area contributed by atoms with Crippen LogP contribution in [-0.2, 0) is 27.4 Å². The van der Waals surface area contributed by atoms with Crippen LogP contribution in [0.4, 0.5) is 0 Å². The highest BCUT2D eigenvalue weighted by molar-refractivity contribution is 5.63. The van der Waals surface area contributed by atoms with Crippen molar-refractivity contribution in [1.82, 2.24) is 20.3 Å². The molecule has 0 radical (unpaired) electrons. The Kier molecular flexibility index (Phi) is 5.59. The molecule has 2 fully saturated rings. The molecule has 0 aliphatic carbocycles. The predicted molar refractivity (Wildman–Crippen MR) is 112 cm³/mol. The van der Waals surface area contributed by atoms with Crippen LogP contribution in [0.5, 0.6) is 0 Å². The number of rotatable bonds is 7. The van der Waals surface area contributed by atoms with Gasteiger partial charge in [-0.15, -0.1) is 5.10 Å². The SMILES string of the molecule is COCc1cn(C2COC3C(NCc4ccc(-c5ccccc5)cc4)COC32)nn1. The van der Waals surface area contributed by atoms with Gasteiger partial charge in [0.2, 0.25) is 0 Å². The summed E-state index contributed by atoms with van der Waals surface area (Å²) in [5.74, 6) is 0. The number of nitrogens with zero attached hydrogens (tertiary/aromatic N) is 3. The van der Waals surface area contributed by atoms with Crippen molar-refractivity contribution < 1.29 is 14.2 Å². The average molecular weight is 406 g/mol. The predicted octanol–water partition coefficient (Wildman–Crippen LogP) is 2.59. The number of hydrogen-bond donors (Lipinski definition) is 1. The Balaban J connectivity index is 1.18. The molecule has 1 N–H and O–H groups in total. The second-order valence-corrected chi connectivity index (χ2v) is 7.84. The van der Waals surface area contributed by atoms with Gasteiger partial charge in [-0.1, -0.05) is 59.8 Å². The van der Waals surface area contributed by atoms with Gasteiger partial charge in [-0.25, -0.2) is 4.68 Å². The van der Waals surface area contributed by atoms with Crippen molar-refractivity contribution in [2.45, 2.75) is 37.4 Å². The highest BCUT2D eigenvalue weighted by atomic mass is 16.6. The van der Waals surface area contributed by atoms with E-state index in [0.717, 1.165) is 12.2 Å². The second kappa shape index (κ2) is 8.65. The van der Waals surface area contributed by atoms with Crippen LogP contribution in [0.25, 0.3) is 11.1 Å². The Hall–Kier alpha value is -2.58. The van der Waals surface area contributed by atoms with Gasteiger partial charge < -0.3 is 19.5 Å². The summed E-state index contributed by atoms with van der Waals surface area (Å²) in [5, 5.41) is 12.0. The first kappa shape index (κ1) is 19.4. The van der Waals surface area contributed by atoms with Gasteiger partial charge in [0.15, 0.2) is 0 Å². The minimum absolute atomic E-state index is 0.0138. The number of methoxy groups -OCH3 is 1. The van der Waals surface area contributed by atoms with Gasteiger partial charge in [0.05, 0.1) is 32.1 Å². The molecule has 30 heavy (non-hydrogen) atoms. The first-order chi connectivity index (χ1) is 14.8. The zero-order valence-electron chi connectivity index (χ0n) is 17.0. The van der Waals surface area contributed by atoms with Gasteiger partial charge >= 0.3 is 0 Å². The number of aromatic nitrogens is 3. The van der Waals surface area contributed by atoms with E-state index in [9.17, 15) is 0 Å². The van der Waals surface area contributed by atoms with Crippen LogP contribution in [0.3, 0.4) is 0 Å². The van der Waals surface area contributed by atoms with E-state index in [1.54, 1.807) is 7.11 Å². The van der Waals surface area contributed by atoms with Crippen LogP contribution in [-0.4, -0.2) is 53.6 Å². The fourth-order valence-corrected chi connectivity index (χ4v) is 4.27. The van der Waals surface area contributed by atoms with Gasteiger partial charge in [-0.05, 0) is 16.7 Å². The second-order valence-electron chi connectivity index (χ2n) is 7.84. The summed E-state index contributed by atoms with van der Waals surface area (Å²) in [6, 6.07) is 19.3. The van der Waals surface area contributed by atoms with Gasteiger partial charge in [0, 0.05) is 13.7 Å². The summed E-state index contributed by atoms with van der Waals surface area (Å²) >= 11 is 0. The molecule has 4 atom stereocenters. The summed E-state index contributed by atoms with van der Waals surface area (Å²) in [4.78, 5) is 0. The van der Waals surface area contributed by atoms with Crippen molar-refractivity contribution in [1.29, 1.82) is 0 Å². The molecule has 2 aliphatic rings. The molecule has 0 saturated carbocycles. The summed E-state index contributed by atoms with van der Waals surface area (Å²) in [6.45, 7) is 2.44.